The fourth-order valence-corrected chi connectivity index (χ4v) is 3.57. The van der Waals surface area contributed by atoms with Crippen molar-refractivity contribution in [1.29, 1.82) is 0 Å². The molecule has 2 heteroatoms. The summed E-state index contributed by atoms with van der Waals surface area (Å²) in [5, 5.41) is 3.89. The fourth-order valence-electron chi connectivity index (χ4n) is 3.57. The molecular formula is C15H30N2. The van der Waals surface area contributed by atoms with Crippen LogP contribution in [0.3, 0.4) is 0 Å². The second-order valence-corrected chi connectivity index (χ2v) is 6.46. The number of nitrogens with two attached hydrogens (primary N) is 1. The van der Waals surface area contributed by atoms with Crippen molar-refractivity contribution in [3.8, 4) is 0 Å². The third kappa shape index (κ3) is 3.03. The first kappa shape index (κ1) is 13.4. The van der Waals surface area contributed by atoms with E-state index in [1.807, 2.05) is 0 Å². The van der Waals surface area contributed by atoms with Gasteiger partial charge in [0.1, 0.15) is 0 Å². The van der Waals surface area contributed by atoms with E-state index in [4.69, 9.17) is 5.73 Å². The molecule has 0 amide bonds. The van der Waals surface area contributed by atoms with Crippen molar-refractivity contribution in [1.82, 2.24) is 5.32 Å². The molecule has 0 aromatic heterocycles. The number of hydrogen-bond acceptors (Lipinski definition) is 2. The largest absolute Gasteiger partial charge is 0.330 e. The normalized spacial score (nSPS) is 27.2. The summed E-state index contributed by atoms with van der Waals surface area (Å²) in [6, 6.07) is 0. The molecule has 0 radical (unpaired) electrons. The molecule has 17 heavy (non-hydrogen) atoms. The summed E-state index contributed by atoms with van der Waals surface area (Å²) in [5.74, 6) is 0. The van der Waals surface area contributed by atoms with Crippen LogP contribution in [0.15, 0.2) is 0 Å². The van der Waals surface area contributed by atoms with Crippen LogP contribution in [0.1, 0.15) is 71.1 Å². The molecule has 0 heterocycles. The van der Waals surface area contributed by atoms with Gasteiger partial charge in [0.25, 0.3) is 0 Å². The third-order valence-corrected chi connectivity index (χ3v) is 5.42. The van der Waals surface area contributed by atoms with E-state index in [9.17, 15) is 0 Å². The lowest BCUT2D eigenvalue weighted by molar-refractivity contribution is 0.134. The third-order valence-electron chi connectivity index (χ3n) is 5.42. The number of nitrogens with one attached hydrogen (secondary N) is 1. The van der Waals surface area contributed by atoms with E-state index >= 15 is 0 Å². The van der Waals surface area contributed by atoms with Gasteiger partial charge in [-0.25, -0.2) is 0 Å². The second-order valence-electron chi connectivity index (χ2n) is 6.46. The van der Waals surface area contributed by atoms with E-state index < -0.39 is 0 Å². The van der Waals surface area contributed by atoms with Gasteiger partial charge in [0.15, 0.2) is 0 Å². The molecular weight excluding hydrogens is 208 g/mol. The molecule has 2 rings (SSSR count). The van der Waals surface area contributed by atoms with Crippen LogP contribution in [-0.2, 0) is 0 Å². The molecule has 2 aliphatic rings. The van der Waals surface area contributed by atoms with Gasteiger partial charge in [-0.15, -0.1) is 0 Å². The highest BCUT2D eigenvalue weighted by Gasteiger charge is 2.38. The molecule has 2 saturated carbocycles. The van der Waals surface area contributed by atoms with Gasteiger partial charge in [-0.2, -0.15) is 0 Å². The molecule has 0 aromatic rings. The van der Waals surface area contributed by atoms with Crippen LogP contribution in [0.5, 0.6) is 0 Å². The van der Waals surface area contributed by atoms with E-state index in [0.29, 0.717) is 11.0 Å². The summed E-state index contributed by atoms with van der Waals surface area (Å²) in [4.78, 5) is 0. The molecule has 2 fully saturated rings. The minimum atomic E-state index is 0.411. The maximum absolute atomic E-state index is 6.10. The summed E-state index contributed by atoms with van der Waals surface area (Å²) >= 11 is 0. The molecule has 2 nitrogen and oxygen atoms in total. The van der Waals surface area contributed by atoms with Crippen LogP contribution < -0.4 is 11.1 Å². The van der Waals surface area contributed by atoms with Crippen molar-refractivity contribution in [2.45, 2.75) is 76.7 Å². The molecule has 2 aliphatic carbocycles. The predicted molar refractivity (Wildman–Crippen MR) is 74.1 cm³/mol. The number of rotatable bonds is 5. The number of hydrogen-bond donors (Lipinski definition) is 2. The first-order valence-electron chi connectivity index (χ1n) is 7.69. The first-order valence-corrected chi connectivity index (χ1v) is 7.69. The lowest BCUT2D eigenvalue weighted by Gasteiger charge is -2.45. The summed E-state index contributed by atoms with van der Waals surface area (Å²) in [6.45, 7) is 4.37. The quantitative estimate of drug-likeness (QED) is 0.722. The lowest BCUT2D eigenvalue weighted by Crippen LogP contribution is -2.55. The van der Waals surface area contributed by atoms with Crippen LogP contribution in [0, 0.1) is 5.41 Å². The van der Waals surface area contributed by atoms with E-state index in [1.165, 1.54) is 64.2 Å². The second kappa shape index (κ2) is 5.71. The van der Waals surface area contributed by atoms with Gasteiger partial charge in [0, 0.05) is 12.1 Å². The average Bonchev–Trinajstić information content (AvgIpc) is 2.54. The van der Waals surface area contributed by atoms with Crippen LogP contribution in [0.4, 0.5) is 0 Å². The van der Waals surface area contributed by atoms with Crippen molar-refractivity contribution < 1.29 is 0 Å². The molecule has 3 N–H and O–H groups in total. The van der Waals surface area contributed by atoms with Gasteiger partial charge >= 0.3 is 0 Å². The Morgan fingerprint density at radius 3 is 2.00 bits per heavy atom. The first-order chi connectivity index (χ1) is 8.24. The molecule has 0 aromatic carbocycles. The van der Waals surface area contributed by atoms with Crippen molar-refractivity contribution in [3.05, 3.63) is 0 Å². The topological polar surface area (TPSA) is 38.0 Å². The zero-order valence-electron chi connectivity index (χ0n) is 11.6. The average molecular weight is 238 g/mol. The van der Waals surface area contributed by atoms with Crippen molar-refractivity contribution in [2.75, 3.05) is 13.1 Å². The predicted octanol–water partition coefficient (Wildman–Crippen LogP) is 3.21. The standard InChI is InChI=1S/C15H30N2/c1-2-15(10-7-11-15)17-13-14(12-16)8-5-3-4-6-9-14/h17H,2-13,16H2,1H3. The Morgan fingerprint density at radius 1 is 0.941 bits per heavy atom. The Morgan fingerprint density at radius 2 is 1.59 bits per heavy atom. The van der Waals surface area contributed by atoms with E-state index in [1.54, 1.807) is 0 Å². The van der Waals surface area contributed by atoms with Crippen LogP contribution in [-0.4, -0.2) is 18.6 Å². The van der Waals surface area contributed by atoms with Gasteiger partial charge in [-0.1, -0.05) is 32.6 Å². The lowest BCUT2D eigenvalue weighted by atomic mass is 9.73. The summed E-state index contributed by atoms with van der Waals surface area (Å²) in [7, 11) is 0. The summed E-state index contributed by atoms with van der Waals surface area (Å²) in [5.41, 5.74) is 6.99. The molecule has 0 bridgehead atoms. The minimum absolute atomic E-state index is 0.411. The van der Waals surface area contributed by atoms with Crippen molar-refractivity contribution >= 4 is 0 Å². The Labute approximate surface area is 107 Å². The molecule has 0 aliphatic heterocycles. The monoisotopic (exact) mass is 238 g/mol. The van der Waals surface area contributed by atoms with Crippen molar-refractivity contribution in [3.63, 3.8) is 0 Å². The van der Waals surface area contributed by atoms with Gasteiger partial charge in [0.2, 0.25) is 0 Å². The highest BCUT2D eigenvalue weighted by Crippen LogP contribution is 2.38. The van der Waals surface area contributed by atoms with E-state index in [0.717, 1.165) is 13.1 Å². The van der Waals surface area contributed by atoms with Crippen LogP contribution >= 0.6 is 0 Å². The molecule has 100 valence electrons. The molecule has 0 atom stereocenters. The van der Waals surface area contributed by atoms with Gasteiger partial charge in [-0.05, 0) is 50.5 Å². The van der Waals surface area contributed by atoms with Gasteiger partial charge in [0.05, 0.1) is 0 Å². The van der Waals surface area contributed by atoms with Crippen LogP contribution in [0.25, 0.3) is 0 Å². The van der Waals surface area contributed by atoms with Gasteiger partial charge in [-0.3, -0.25) is 0 Å². The Hall–Kier alpha value is -0.0800. The SMILES string of the molecule is CCC1(NCC2(CN)CCCCCC2)CCC1. The minimum Gasteiger partial charge on any atom is -0.330 e. The Kier molecular flexibility index (Phi) is 4.48. The van der Waals surface area contributed by atoms with E-state index in [2.05, 4.69) is 12.2 Å². The zero-order chi connectivity index (χ0) is 12.2. The Balaban J connectivity index is 1.89. The van der Waals surface area contributed by atoms with Crippen molar-refractivity contribution in [2.24, 2.45) is 11.1 Å². The molecule has 0 spiro atoms. The zero-order valence-corrected chi connectivity index (χ0v) is 11.6. The van der Waals surface area contributed by atoms with Crippen LogP contribution in [0.2, 0.25) is 0 Å². The Bertz CT molecular complexity index is 220. The molecule has 0 unspecified atom stereocenters. The summed E-state index contributed by atoms with van der Waals surface area (Å²) < 4.78 is 0. The molecule has 0 saturated heterocycles. The highest BCUT2D eigenvalue weighted by molar-refractivity contribution is 4.97. The van der Waals surface area contributed by atoms with Gasteiger partial charge < -0.3 is 11.1 Å². The smallest absolute Gasteiger partial charge is 0.0179 e. The summed E-state index contributed by atoms with van der Waals surface area (Å²) in [6.07, 6.45) is 13.8. The highest BCUT2D eigenvalue weighted by atomic mass is 15.0. The maximum Gasteiger partial charge on any atom is 0.0179 e. The van der Waals surface area contributed by atoms with E-state index in [-0.39, 0.29) is 0 Å². The maximum atomic E-state index is 6.10. The fraction of sp³-hybridized carbons (Fsp3) is 1.00.